The lowest BCUT2D eigenvalue weighted by Gasteiger charge is -2.38. The van der Waals surface area contributed by atoms with Crippen LogP contribution in [0.5, 0.6) is 0 Å². The standard InChI is InChI=1S/C11H16O2/c1-6-9-4-5-10(12-9)7(2)11(6)8(3)13-11/h4-10H,1-3H3/t6-,7+,8?,9+,10?,11-/m1/s1. The van der Waals surface area contributed by atoms with Crippen molar-refractivity contribution in [2.75, 3.05) is 0 Å². The van der Waals surface area contributed by atoms with Crippen LogP contribution in [0, 0.1) is 11.8 Å². The molecule has 3 aliphatic heterocycles. The molecule has 0 amide bonds. The highest BCUT2D eigenvalue weighted by molar-refractivity contribution is 5.22. The van der Waals surface area contributed by atoms with Crippen molar-refractivity contribution in [3.8, 4) is 0 Å². The van der Waals surface area contributed by atoms with E-state index in [0.29, 0.717) is 30.1 Å². The van der Waals surface area contributed by atoms with Gasteiger partial charge >= 0.3 is 0 Å². The van der Waals surface area contributed by atoms with Gasteiger partial charge in [0.15, 0.2) is 0 Å². The molecule has 0 aromatic rings. The van der Waals surface area contributed by atoms with Crippen molar-refractivity contribution < 1.29 is 9.47 Å². The summed E-state index contributed by atoms with van der Waals surface area (Å²) < 4.78 is 11.7. The smallest absolute Gasteiger partial charge is 0.105 e. The zero-order chi connectivity index (χ0) is 9.22. The van der Waals surface area contributed by atoms with Crippen LogP contribution in [0.2, 0.25) is 0 Å². The summed E-state index contributed by atoms with van der Waals surface area (Å²) in [5, 5.41) is 0. The molecule has 3 heterocycles. The molecule has 2 heteroatoms. The molecule has 1 spiro atoms. The van der Waals surface area contributed by atoms with Crippen molar-refractivity contribution in [3.63, 3.8) is 0 Å². The fraction of sp³-hybridized carbons (Fsp3) is 0.818. The van der Waals surface area contributed by atoms with E-state index < -0.39 is 0 Å². The minimum absolute atomic E-state index is 0.122. The van der Waals surface area contributed by atoms with Gasteiger partial charge in [0.25, 0.3) is 0 Å². The van der Waals surface area contributed by atoms with Crippen LogP contribution in [0.4, 0.5) is 0 Å². The Bertz CT molecular complexity index is 253. The molecule has 2 saturated heterocycles. The van der Waals surface area contributed by atoms with Gasteiger partial charge in [-0.05, 0) is 6.92 Å². The van der Waals surface area contributed by atoms with Gasteiger partial charge in [-0.25, -0.2) is 0 Å². The second kappa shape index (κ2) is 2.18. The highest BCUT2D eigenvalue weighted by Gasteiger charge is 2.67. The van der Waals surface area contributed by atoms with E-state index in [9.17, 15) is 0 Å². The number of hydrogen-bond donors (Lipinski definition) is 0. The maximum Gasteiger partial charge on any atom is 0.105 e. The SMILES string of the molecule is CC1O[C@@]12[C@H](C)[C@@H]1C=CC(O1)[C@@H]2C. The van der Waals surface area contributed by atoms with Crippen LogP contribution in [-0.2, 0) is 9.47 Å². The fourth-order valence-corrected chi connectivity index (χ4v) is 3.22. The molecule has 6 atom stereocenters. The first-order chi connectivity index (χ1) is 6.16. The van der Waals surface area contributed by atoms with Crippen LogP contribution in [0.15, 0.2) is 12.2 Å². The zero-order valence-corrected chi connectivity index (χ0v) is 8.36. The third-order valence-electron chi connectivity index (χ3n) is 4.17. The molecule has 0 aliphatic carbocycles. The van der Waals surface area contributed by atoms with Crippen LogP contribution in [0.3, 0.4) is 0 Å². The predicted octanol–water partition coefficient (Wildman–Crippen LogP) is 1.75. The zero-order valence-electron chi connectivity index (χ0n) is 8.36. The number of hydrogen-bond acceptors (Lipinski definition) is 2. The topological polar surface area (TPSA) is 21.8 Å². The fourth-order valence-electron chi connectivity index (χ4n) is 3.22. The Hall–Kier alpha value is -0.340. The lowest BCUT2D eigenvalue weighted by molar-refractivity contribution is -0.0912. The maximum absolute atomic E-state index is 5.85. The molecule has 13 heavy (non-hydrogen) atoms. The monoisotopic (exact) mass is 180 g/mol. The average molecular weight is 180 g/mol. The predicted molar refractivity (Wildman–Crippen MR) is 49.4 cm³/mol. The molecule has 3 rings (SSSR count). The number of fused-ring (bicyclic) bond motifs is 2. The molecule has 72 valence electrons. The molecule has 0 aromatic carbocycles. The van der Waals surface area contributed by atoms with Crippen LogP contribution < -0.4 is 0 Å². The number of epoxide rings is 1. The maximum atomic E-state index is 5.85. The summed E-state index contributed by atoms with van der Waals surface area (Å²) >= 11 is 0. The van der Waals surface area contributed by atoms with Crippen molar-refractivity contribution in [1.82, 2.24) is 0 Å². The molecule has 3 aliphatic rings. The molecule has 2 fully saturated rings. The lowest BCUT2D eigenvalue weighted by atomic mass is 9.75. The van der Waals surface area contributed by atoms with E-state index in [-0.39, 0.29) is 5.60 Å². The molecular weight excluding hydrogens is 164 g/mol. The van der Waals surface area contributed by atoms with E-state index in [2.05, 4.69) is 32.9 Å². The van der Waals surface area contributed by atoms with Gasteiger partial charge in [0.2, 0.25) is 0 Å². The Kier molecular flexibility index (Phi) is 1.34. The van der Waals surface area contributed by atoms with E-state index >= 15 is 0 Å². The average Bonchev–Trinajstić information content (AvgIpc) is 2.64. The summed E-state index contributed by atoms with van der Waals surface area (Å²) in [6.07, 6.45) is 5.42. The summed E-state index contributed by atoms with van der Waals surface area (Å²) in [5.74, 6) is 1.01. The summed E-state index contributed by atoms with van der Waals surface area (Å²) in [5.41, 5.74) is 0.122. The van der Waals surface area contributed by atoms with Gasteiger partial charge in [0.1, 0.15) is 5.60 Å². The highest BCUT2D eigenvalue weighted by Crippen LogP contribution is 2.56. The van der Waals surface area contributed by atoms with E-state index in [1.807, 2.05) is 0 Å². The minimum atomic E-state index is 0.122. The Morgan fingerprint density at radius 2 is 1.46 bits per heavy atom. The van der Waals surface area contributed by atoms with Crippen LogP contribution >= 0.6 is 0 Å². The van der Waals surface area contributed by atoms with Crippen LogP contribution in [-0.4, -0.2) is 23.9 Å². The van der Waals surface area contributed by atoms with Crippen molar-refractivity contribution >= 4 is 0 Å². The van der Waals surface area contributed by atoms with Crippen molar-refractivity contribution in [2.24, 2.45) is 11.8 Å². The summed E-state index contributed by atoms with van der Waals surface area (Å²) in [6, 6.07) is 0. The van der Waals surface area contributed by atoms with Gasteiger partial charge in [-0.15, -0.1) is 0 Å². The van der Waals surface area contributed by atoms with Crippen molar-refractivity contribution in [2.45, 2.75) is 44.7 Å². The van der Waals surface area contributed by atoms with E-state index in [1.165, 1.54) is 0 Å². The van der Waals surface area contributed by atoms with E-state index in [0.717, 1.165) is 0 Å². The second-order valence-electron chi connectivity index (χ2n) is 4.64. The Labute approximate surface area is 78.9 Å². The van der Waals surface area contributed by atoms with Crippen molar-refractivity contribution in [3.05, 3.63) is 12.2 Å². The van der Waals surface area contributed by atoms with Gasteiger partial charge in [-0.3, -0.25) is 0 Å². The Balaban J connectivity index is 1.98. The first-order valence-corrected chi connectivity index (χ1v) is 5.18. The lowest BCUT2D eigenvalue weighted by Crippen LogP contribution is -2.48. The van der Waals surface area contributed by atoms with Crippen molar-refractivity contribution in [1.29, 1.82) is 0 Å². The Morgan fingerprint density at radius 3 is 1.85 bits per heavy atom. The number of rotatable bonds is 0. The molecule has 0 saturated carbocycles. The highest BCUT2D eigenvalue weighted by atomic mass is 16.6. The van der Waals surface area contributed by atoms with Gasteiger partial charge in [0, 0.05) is 11.8 Å². The molecular formula is C11H16O2. The normalized spacial score (nSPS) is 63.2. The molecule has 0 N–H and O–H groups in total. The summed E-state index contributed by atoms with van der Waals surface area (Å²) in [6.45, 7) is 6.67. The van der Waals surface area contributed by atoms with Gasteiger partial charge in [0.05, 0.1) is 18.3 Å². The van der Waals surface area contributed by atoms with E-state index in [1.54, 1.807) is 0 Å². The second-order valence-corrected chi connectivity index (χ2v) is 4.64. The van der Waals surface area contributed by atoms with Gasteiger partial charge in [-0.1, -0.05) is 26.0 Å². The van der Waals surface area contributed by atoms with Crippen LogP contribution in [0.25, 0.3) is 0 Å². The third-order valence-corrected chi connectivity index (χ3v) is 4.17. The summed E-state index contributed by atoms with van der Waals surface area (Å²) in [7, 11) is 0. The largest absolute Gasteiger partial charge is 0.366 e. The molecule has 2 bridgehead atoms. The number of ether oxygens (including phenoxy) is 2. The first-order valence-electron chi connectivity index (χ1n) is 5.18. The Morgan fingerprint density at radius 1 is 1.00 bits per heavy atom. The van der Waals surface area contributed by atoms with Gasteiger partial charge < -0.3 is 9.47 Å². The molecule has 2 nitrogen and oxygen atoms in total. The molecule has 2 unspecified atom stereocenters. The quantitative estimate of drug-likeness (QED) is 0.418. The molecule has 0 aromatic heterocycles. The first kappa shape index (κ1) is 8.01. The van der Waals surface area contributed by atoms with Gasteiger partial charge in [-0.2, -0.15) is 0 Å². The summed E-state index contributed by atoms with van der Waals surface area (Å²) in [4.78, 5) is 0. The third kappa shape index (κ3) is 0.767. The molecule has 0 radical (unpaired) electrons. The van der Waals surface area contributed by atoms with Crippen LogP contribution in [0.1, 0.15) is 20.8 Å². The minimum Gasteiger partial charge on any atom is -0.366 e. The van der Waals surface area contributed by atoms with E-state index in [4.69, 9.17) is 9.47 Å².